The van der Waals surface area contributed by atoms with Crippen molar-refractivity contribution in [3.05, 3.63) is 563 Å². The van der Waals surface area contributed by atoms with E-state index < -0.39 is 0 Å². The molecule has 0 fully saturated rings. The molecule has 0 unspecified atom stereocenters. The molecule has 706 valence electrons. The van der Waals surface area contributed by atoms with E-state index in [1.165, 1.54) is 72.3 Å². The van der Waals surface area contributed by atoms with Gasteiger partial charge in [-0.25, -0.2) is 44.9 Å². The maximum atomic E-state index is 5.35. The highest BCUT2D eigenvalue weighted by molar-refractivity contribution is 9.10. The van der Waals surface area contributed by atoms with E-state index in [-0.39, 0.29) is 0 Å². The second-order valence-electron chi connectivity index (χ2n) is 36.1. The van der Waals surface area contributed by atoms with Gasteiger partial charge in [-0.2, -0.15) is 0 Å². The first-order valence-electron chi connectivity index (χ1n) is 49.6. The first-order chi connectivity index (χ1) is 73.6. The third-order valence-electron chi connectivity index (χ3n) is 26.3. The van der Waals surface area contributed by atoms with Crippen LogP contribution in [0.1, 0.15) is 5.56 Å². The van der Waals surface area contributed by atoms with E-state index in [0.717, 1.165) is 127 Å². The van der Waals surface area contributed by atoms with Gasteiger partial charge in [-0.05, 0) is 236 Å². The van der Waals surface area contributed by atoms with Crippen LogP contribution in [0.2, 0.25) is 0 Å². The number of nitrogens with zero attached hydrogens (tertiary/aromatic N) is 9. The quantitative estimate of drug-likeness (QED) is 0.0611. The Hall–Kier alpha value is -19.3. The van der Waals surface area contributed by atoms with Crippen LogP contribution >= 0.6 is 15.9 Å². The SMILES string of the molecule is Brc1ccc(-c2cccc(-c3cccc(-c4cccc(-c5cccc(-c6nc(-c7ccccc7)nc(-c7ccccc7)n6)c5)c4)c3)c2)cc1.C=Cc1ccc(-c2cccc(-c3cccc(-c4cccc(-c5cccc(-c6nc(-c7ccccc7)nc(-c7ccccc7)n6)c5)c4)c3)c2)cc1.COc1ccc(-c2cccc(-c3cccc(-c4cccc(-c5cccc(-c6nc(-c7ccccc7)nc(-c7ccccc7)n6)c5)c4)c3)c2)cc1. The smallest absolute Gasteiger partial charge is 0.164 e. The molecule has 21 aromatic carbocycles. The molecule has 0 atom stereocenters. The number of ether oxygens (including phenoxy) is 1. The molecule has 149 heavy (non-hydrogen) atoms. The summed E-state index contributed by atoms with van der Waals surface area (Å²) in [5.74, 6) is 6.68. The van der Waals surface area contributed by atoms with Gasteiger partial charge >= 0.3 is 0 Å². The standard InChI is InChI=1S/C47H33N3.C46H33N3O.C45H30BrN3/c1-2-33-25-27-34(28-26-33)37-17-9-18-38(29-37)39-19-10-20-40(30-39)41-21-11-22-42(31-41)43-23-12-24-44(32-43)47-49-45(35-13-5-3-6-14-35)48-46(50-47)36-15-7-4-8-16-36;1-50-43-26-24-32(25-27-43)35-16-8-17-36(28-35)37-18-9-19-38(29-37)39-20-10-21-40(30-39)41-22-11-23-42(31-41)46-48-44(33-12-4-2-5-13-33)47-45(49-46)34-14-6-3-7-15-34;46-42-25-23-31(24-26-42)34-15-7-16-35(27-34)36-17-8-18-37(28-36)38-19-9-20-39(29-38)40-21-10-22-41(30-40)45-48-43(32-11-3-1-4-12-32)47-44(49-45)33-13-5-2-6-14-33/h2-32H,1H2;2-31H,1H3;1-30H. The van der Waals surface area contributed by atoms with E-state index in [4.69, 9.17) is 49.6 Å². The molecule has 3 aromatic heterocycles. The predicted molar refractivity (Wildman–Crippen MR) is 618 cm³/mol. The van der Waals surface area contributed by atoms with Gasteiger partial charge in [-0.1, -0.05) is 477 Å². The molecule has 0 aliphatic rings. The van der Waals surface area contributed by atoms with Crippen LogP contribution in [0.4, 0.5) is 0 Å². The van der Waals surface area contributed by atoms with Crippen LogP contribution in [-0.4, -0.2) is 52.0 Å². The minimum atomic E-state index is 0.639. The Balaban J connectivity index is 0.000000127. The van der Waals surface area contributed by atoms with Crippen molar-refractivity contribution in [2.45, 2.75) is 0 Å². The first-order valence-corrected chi connectivity index (χ1v) is 50.4. The summed E-state index contributed by atoms with van der Waals surface area (Å²) in [5.41, 5.74) is 37.4. The van der Waals surface area contributed by atoms with E-state index in [9.17, 15) is 0 Å². The van der Waals surface area contributed by atoms with E-state index in [1.54, 1.807) is 7.11 Å². The summed E-state index contributed by atoms with van der Waals surface area (Å²) in [6.45, 7) is 3.88. The fourth-order valence-corrected chi connectivity index (χ4v) is 18.7. The highest BCUT2D eigenvalue weighted by Crippen LogP contribution is 2.41. The third kappa shape index (κ3) is 22.5. The van der Waals surface area contributed by atoms with E-state index in [1.807, 2.05) is 200 Å². The van der Waals surface area contributed by atoms with Crippen LogP contribution in [-0.2, 0) is 0 Å². The molecule has 0 saturated carbocycles. The van der Waals surface area contributed by atoms with Gasteiger partial charge in [0.2, 0.25) is 0 Å². The molecule has 3 heterocycles. The van der Waals surface area contributed by atoms with Gasteiger partial charge < -0.3 is 4.74 Å². The van der Waals surface area contributed by atoms with Gasteiger partial charge in [-0.15, -0.1) is 0 Å². The monoisotopic (exact) mass is 1970 g/mol. The Morgan fingerprint density at radius 1 is 0.148 bits per heavy atom. The third-order valence-corrected chi connectivity index (χ3v) is 26.8. The molecule has 24 rings (SSSR count). The van der Waals surface area contributed by atoms with E-state index >= 15 is 0 Å². The summed E-state index contributed by atoms with van der Waals surface area (Å²) in [6.07, 6.45) is 1.87. The van der Waals surface area contributed by atoms with Gasteiger partial charge in [0.05, 0.1) is 7.11 Å². The summed E-state index contributed by atoms with van der Waals surface area (Å²) in [5, 5.41) is 0. The van der Waals surface area contributed by atoms with Crippen LogP contribution in [0, 0.1) is 0 Å². The first kappa shape index (κ1) is 94.6. The summed E-state index contributed by atoms with van der Waals surface area (Å²) >= 11 is 3.55. The normalized spacial score (nSPS) is 10.9. The molecule has 0 bridgehead atoms. The largest absolute Gasteiger partial charge is 0.497 e. The molecule has 0 aliphatic carbocycles. The van der Waals surface area contributed by atoms with Crippen LogP contribution < -0.4 is 4.74 Å². The lowest BCUT2D eigenvalue weighted by atomic mass is 9.94. The fourth-order valence-electron chi connectivity index (χ4n) is 18.5. The van der Waals surface area contributed by atoms with Gasteiger partial charge in [0.25, 0.3) is 0 Å². The van der Waals surface area contributed by atoms with E-state index in [0.29, 0.717) is 52.4 Å². The highest BCUT2D eigenvalue weighted by atomic mass is 79.9. The number of hydrogen-bond acceptors (Lipinski definition) is 10. The van der Waals surface area contributed by atoms with Crippen molar-refractivity contribution in [1.82, 2.24) is 44.9 Å². The van der Waals surface area contributed by atoms with Crippen LogP contribution in [0.15, 0.2) is 557 Å². The molecule has 0 aliphatic heterocycles. The molecular formula is C138H96BrN9O. The van der Waals surface area contributed by atoms with Gasteiger partial charge in [0.15, 0.2) is 52.4 Å². The van der Waals surface area contributed by atoms with Crippen molar-refractivity contribution in [3.8, 4) is 242 Å². The fraction of sp³-hybridized carbons (Fsp3) is 0.00725. The Morgan fingerprint density at radius 3 is 0.450 bits per heavy atom. The van der Waals surface area contributed by atoms with Crippen molar-refractivity contribution < 1.29 is 4.74 Å². The number of rotatable bonds is 23. The second-order valence-corrected chi connectivity index (χ2v) is 37.1. The number of benzene rings is 21. The van der Waals surface area contributed by atoms with E-state index in [2.05, 4.69) is 374 Å². The maximum absolute atomic E-state index is 5.35. The average Bonchev–Trinajstić information content (AvgIpc) is 0.781. The summed E-state index contributed by atoms with van der Waals surface area (Å²) in [4.78, 5) is 44.2. The predicted octanol–water partition coefficient (Wildman–Crippen LogP) is 36.0. The van der Waals surface area contributed by atoms with Crippen molar-refractivity contribution in [2.75, 3.05) is 7.11 Å². The zero-order chi connectivity index (χ0) is 100. The minimum absolute atomic E-state index is 0.639. The maximum Gasteiger partial charge on any atom is 0.164 e. The highest BCUT2D eigenvalue weighted by Gasteiger charge is 2.21. The molecule has 10 nitrogen and oxygen atoms in total. The summed E-state index contributed by atoms with van der Waals surface area (Å²) in [7, 11) is 1.69. The molecule has 0 radical (unpaired) electrons. The van der Waals surface area contributed by atoms with Crippen LogP contribution in [0.5, 0.6) is 5.75 Å². The van der Waals surface area contributed by atoms with Crippen LogP contribution in [0.25, 0.3) is 242 Å². The molecule has 0 saturated heterocycles. The lowest BCUT2D eigenvalue weighted by molar-refractivity contribution is 0.415. The minimum Gasteiger partial charge on any atom is -0.497 e. The topological polar surface area (TPSA) is 125 Å². The van der Waals surface area contributed by atoms with Crippen molar-refractivity contribution >= 4 is 22.0 Å². The summed E-state index contributed by atoms with van der Waals surface area (Å²) in [6, 6.07) is 190. The molecule has 24 aromatic rings. The lowest BCUT2D eigenvalue weighted by Crippen LogP contribution is -2.00. The zero-order valence-corrected chi connectivity index (χ0v) is 83.1. The second kappa shape index (κ2) is 44.7. The summed E-state index contributed by atoms with van der Waals surface area (Å²) < 4.78 is 6.42. The molecular weight excluding hydrogens is 1880 g/mol. The molecule has 11 heteroatoms. The van der Waals surface area contributed by atoms with Crippen molar-refractivity contribution in [3.63, 3.8) is 0 Å². The molecule has 0 N–H and O–H groups in total. The Bertz CT molecular complexity index is 8690. The Labute approximate surface area is 876 Å². The lowest BCUT2D eigenvalue weighted by Gasteiger charge is -2.11. The number of halogens is 1. The van der Waals surface area contributed by atoms with Gasteiger partial charge in [0.1, 0.15) is 5.75 Å². The number of hydrogen-bond donors (Lipinski definition) is 0. The van der Waals surface area contributed by atoms with Gasteiger partial charge in [-0.3, -0.25) is 0 Å². The van der Waals surface area contributed by atoms with Crippen molar-refractivity contribution in [2.24, 2.45) is 0 Å². The van der Waals surface area contributed by atoms with Gasteiger partial charge in [0, 0.05) is 54.5 Å². The van der Waals surface area contributed by atoms with Crippen LogP contribution in [0.3, 0.4) is 0 Å². The zero-order valence-electron chi connectivity index (χ0n) is 81.6. The Kier molecular flexibility index (Phi) is 28.4. The molecule has 0 spiro atoms. The molecule has 0 amide bonds. The average molecular weight is 1980 g/mol. The number of aromatic nitrogens is 9. The Morgan fingerprint density at radius 2 is 0.282 bits per heavy atom. The number of methoxy groups -OCH3 is 1. The van der Waals surface area contributed by atoms with Crippen molar-refractivity contribution in [1.29, 1.82) is 0 Å².